The van der Waals surface area contributed by atoms with Gasteiger partial charge >= 0.3 is 0 Å². The highest BCUT2D eigenvalue weighted by atomic mass is 19.1. The standard InChI is InChI=1S/C21H19FN4O/c1-14-23-19-15-6-2-5-9-18(15)27-20(19)21(24-14)26-12-10-25(11-13-26)17-8-4-3-7-16(17)22/h2-9H,10-13H2,1H3/p+1. The van der Waals surface area contributed by atoms with Crippen molar-refractivity contribution in [3.63, 3.8) is 0 Å². The third-order valence-electron chi connectivity index (χ3n) is 5.23. The van der Waals surface area contributed by atoms with Gasteiger partial charge in [0, 0.05) is 11.5 Å². The van der Waals surface area contributed by atoms with Gasteiger partial charge < -0.3 is 9.32 Å². The molecular weight excluding hydrogens is 343 g/mol. The summed E-state index contributed by atoms with van der Waals surface area (Å²) in [5.41, 5.74) is 3.15. The van der Waals surface area contributed by atoms with Gasteiger partial charge in [-0.05, 0) is 25.1 Å². The van der Waals surface area contributed by atoms with Crippen molar-refractivity contribution in [3.8, 4) is 0 Å². The van der Waals surface area contributed by atoms with Crippen LogP contribution in [0.15, 0.2) is 52.9 Å². The minimum atomic E-state index is -0.140. The lowest BCUT2D eigenvalue weighted by atomic mass is 10.2. The van der Waals surface area contributed by atoms with Crippen LogP contribution < -0.4 is 9.80 Å². The molecule has 27 heavy (non-hydrogen) atoms. The molecular formula is C21H20FN4O+. The van der Waals surface area contributed by atoms with Crippen molar-refractivity contribution in [2.75, 3.05) is 31.1 Å². The van der Waals surface area contributed by atoms with Crippen molar-refractivity contribution >= 4 is 33.6 Å². The molecule has 1 fully saturated rings. The molecule has 0 spiro atoms. The Morgan fingerprint density at radius 2 is 1.74 bits per heavy atom. The second-order valence-electron chi connectivity index (χ2n) is 6.94. The summed E-state index contributed by atoms with van der Waals surface area (Å²) in [6.07, 6.45) is 0. The molecule has 2 aromatic heterocycles. The van der Waals surface area contributed by atoms with Gasteiger partial charge in [0.1, 0.15) is 16.9 Å². The number of rotatable bonds is 2. The number of halogens is 1. The van der Waals surface area contributed by atoms with E-state index < -0.39 is 0 Å². The molecule has 4 aromatic rings. The average molecular weight is 363 g/mol. The van der Waals surface area contributed by atoms with E-state index in [0.29, 0.717) is 0 Å². The second kappa shape index (κ2) is 6.32. The zero-order chi connectivity index (χ0) is 18.4. The SMILES string of the molecule is Cc1nc(N2CC[NH+](c3ccccc3F)CC2)c2oc3ccccc3c2n1. The zero-order valence-electron chi connectivity index (χ0n) is 15.1. The van der Waals surface area contributed by atoms with Crippen LogP contribution in [0.2, 0.25) is 0 Å². The zero-order valence-corrected chi connectivity index (χ0v) is 15.1. The molecule has 0 unspecified atom stereocenters. The maximum absolute atomic E-state index is 14.1. The number of para-hydroxylation sites is 2. The molecule has 1 saturated heterocycles. The van der Waals surface area contributed by atoms with Gasteiger partial charge in [0.25, 0.3) is 0 Å². The van der Waals surface area contributed by atoms with Crippen LogP contribution in [0.3, 0.4) is 0 Å². The van der Waals surface area contributed by atoms with Gasteiger partial charge in [-0.3, -0.25) is 4.90 Å². The van der Waals surface area contributed by atoms with E-state index in [1.54, 1.807) is 6.07 Å². The number of aromatic nitrogens is 2. The van der Waals surface area contributed by atoms with Gasteiger partial charge in [-0.25, -0.2) is 14.4 Å². The summed E-state index contributed by atoms with van der Waals surface area (Å²) in [6, 6.07) is 15.0. The van der Waals surface area contributed by atoms with Gasteiger partial charge in [0.05, 0.1) is 26.2 Å². The number of hydrogen-bond donors (Lipinski definition) is 1. The van der Waals surface area contributed by atoms with E-state index in [-0.39, 0.29) is 5.82 Å². The third kappa shape index (κ3) is 2.73. The van der Waals surface area contributed by atoms with Crippen molar-refractivity contribution in [1.82, 2.24) is 9.97 Å². The number of quaternary nitrogens is 1. The van der Waals surface area contributed by atoms with E-state index in [0.717, 1.165) is 70.5 Å². The Balaban J connectivity index is 1.49. The second-order valence-corrected chi connectivity index (χ2v) is 6.94. The van der Waals surface area contributed by atoms with Gasteiger partial charge in [0.2, 0.25) is 0 Å². The van der Waals surface area contributed by atoms with Crippen molar-refractivity contribution in [2.45, 2.75) is 6.92 Å². The molecule has 0 atom stereocenters. The van der Waals surface area contributed by atoms with Gasteiger partial charge in [-0.2, -0.15) is 0 Å². The molecule has 6 heteroatoms. The Labute approximate surface area is 156 Å². The fourth-order valence-corrected chi connectivity index (χ4v) is 3.91. The van der Waals surface area contributed by atoms with Crippen molar-refractivity contribution in [1.29, 1.82) is 0 Å². The first-order valence-electron chi connectivity index (χ1n) is 9.21. The summed E-state index contributed by atoms with van der Waals surface area (Å²) in [5, 5.41) is 1.01. The lowest BCUT2D eigenvalue weighted by Gasteiger charge is -2.32. The summed E-state index contributed by atoms with van der Waals surface area (Å²) in [5.74, 6) is 1.42. The van der Waals surface area contributed by atoms with Crippen LogP contribution in [0, 0.1) is 12.7 Å². The molecule has 0 amide bonds. The Morgan fingerprint density at radius 3 is 2.56 bits per heavy atom. The first-order valence-corrected chi connectivity index (χ1v) is 9.21. The first kappa shape index (κ1) is 16.2. The number of piperazine rings is 1. The predicted molar refractivity (Wildman–Crippen MR) is 103 cm³/mol. The molecule has 1 aliphatic heterocycles. The van der Waals surface area contributed by atoms with Gasteiger partial charge in [0.15, 0.2) is 22.9 Å². The minimum Gasteiger partial charge on any atom is -0.450 e. The fraction of sp³-hybridized carbons (Fsp3) is 0.238. The van der Waals surface area contributed by atoms with Crippen LogP contribution in [0.25, 0.3) is 22.1 Å². The smallest absolute Gasteiger partial charge is 0.196 e. The first-order chi connectivity index (χ1) is 13.2. The number of fused-ring (bicyclic) bond motifs is 3. The number of hydrogen-bond acceptors (Lipinski definition) is 4. The lowest BCUT2D eigenvalue weighted by Crippen LogP contribution is -3.10. The lowest BCUT2D eigenvalue weighted by molar-refractivity contribution is -0.834. The van der Waals surface area contributed by atoms with Crippen molar-refractivity contribution in [3.05, 3.63) is 60.2 Å². The summed E-state index contributed by atoms with van der Waals surface area (Å²) in [6.45, 7) is 5.10. The van der Waals surface area contributed by atoms with Crippen LogP contribution in [-0.4, -0.2) is 36.1 Å². The van der Waals surface area contributed by atoms with Crippen LogP contribution in [-0.2, 0) is 0 Å². The van der Waals surface area contributed by atoms with E-state index in [1.165, 1.54) is 6.07 Å². The van der Waals surface area contributed by atoms with E-state index in [1.807, 2.05) is 43.3 Å². The molecule has 0 saturated carbocycles. The third-order valence-corrected chi connectivity index (χ3v) is 5.23. The van der Waals surface area contributed by atoms with Crippen LogP contribution in [0.1, 0.15) is 5.82 Å². The summed E-state index contributed by atoms with van der Waals surface area (Å²) in [4.78, 5) is 12.7. The molecule has 5 rings (SSSR count). The quantitative estimate of drug-likeness (QED) is 0.595. The Bertz CT molecular complexity index is 1130. The highest BCUT2D eigenvalue weighted by Crippen LogP contribution is 2.32. The summed E-state index contributed by atoms with van der Waals surface area (Å²) in [7, 11) is 0. The molecule has 0 aliphatic carbocycles. The predicted octanol–water partition coefficient (Wildman–Crippen LogP) is 2.86. The highest BCUT2D eigenvalue weighted by molar-refractivity contribution is 6.05. The molecule has 1 N–H and O–H groups in total. The molecule has 2 aromatic carbocycles. The van der Waals surface area contributed by atoms with Crippen molar-refractivity contribution in [2.24, 2.45) is 0 Å². The molecule has 1 aliphatic rings. The van der Waals surface area contributed by atoms with Crippen LogP contribution in [0.5, 0.6) is 0 Å². The maximum Gasteiger partial charge on any atom is 0.196 e. The summed E-state index contributed by atoms with van der Waals surface area (Å²) < 4.78 is 20.2. The fourth-order valence-electron chi connectivity index (χ4n) is 3.91. The maximum atomic E-state index is 14.1. The molecule has 3 heterocycles. The normalized spacial score (nSPS) is 15.7. The Kier molecular flexibility index (Phi) is 3.79. The van der Waals surface area contributed by atoms with Crippen LogP contribution in [0.4, 0.5) is 15.9 Å². The number of nitrogens with one attached hydrogen (secondary N) is 1. The van der Waals surface area contributed by atoms with Gasteiger partial charge in [-0.15, -0.1) is 0 Å². The number of furan rings is 1. The minimum absolute atomic E-state index is 0.140. The highest BCUT2D eigenvalue weighted by Gasteiger charge is 2.27. The topological polar surface area (TPSA) is 46.6 Å². The molecule has 136 valence electrons. The van der Waals surface area contributed by atoms with E-state index in [9.17, 15) is 4.39 Å². The average Bonchev–Trinajstić information content (AvgIpc) is 3.07. The number of aryl methyl sites for hydroxylation is 1. The Morgan fingerprint density at radius 1 is 1.00 bits per heavy atom. The van der Waals surface area contributed by atoms with Gasteiger partial charge in [-0.1, -0.05) is 24.3 Å². The van der Waals surface area contributed by atoms with E-state index in [4.69, 9.17) is 4.42 Å². The number of nitrogens with zero attached hydrogens (tertiary/aromatic N) is 3. The molecule has 5 nitrogen and oxygen atoms in total. The van der Waals surface area contributed by atoms with E-state index in [2.05, 4.69) is 14.9 Å². The molecule has 0 radical (unpaired) electrons. The van der Waals surface area contributed by atoms with E-state index >= 15 is 0 Å². The van der Waals surface area contributed by atoms with Crippen molar-refractivity contribution < 1.29 is 13.7 Å². The summed E-state index contributed by atoms with van der Waals surface area (Å²) >= 11 is 0. The number of anilines is 1. The Hall–Kier alpha value is -2.99. The molecule has 0 bridgehead atoms. The monoisotopic (exact) mass is 363 g/mol. The largest absolute Gasteiger partial charge is 0.450 e. The van der Waals surface area contributed by atoms with Crippen LogP contribution >= 0.6 is 0 Å². The number of benzene rings is 2.